The summed E-state index contributed by atoms with van der Waals surface area (Å²) < 4.78 is 24.2. The Balaban J connectivity index is 1.45. The molecule has 8 heteroatoms. The number of fused-ring (bicyclic) bond motifs is 3. The average molecular weight is 571 g/mol. The molecule has 7 nitrogen and oxygen atoms in total. The summed E-state index contributed by atoms with van der Waals surface area (Å²) in [4.78, 5) is 30.6. The lowest BCUT2D eigenvalue weighted by Crippen LogP contribution is -2.64. The second-order valence-electron chi connectivity index (χ2n) is 12.2. The molecule has 2 amide bonds. The summed E-state index contributed by atoms with van der Waals surface area (Å²) in [5, 5.41) is 3.96. The zero-order valence-corrected chi connectivity index (χ0v) is 24.6. The molecule has 1 aliphatic carbocycles. The molecule has 6 rings (SSSR count). The molecule has 1 saturated carbocycles. The van der Waals surface area contributed by atoms with Crippen molar-refractivity contribution in [2.45, 2.75) is 90.1 Å². The highest BCUT2D eigenvalue weighted by atomic mass is 19.1. The number of benzene rings is 2. The average Bonchev–Trinajstić information content (AvgIpc) is 3.50. The molecule has 0 unspecified atom stereocenters. The Morgan fingerprint density at radius 1 is 1.05 bits per heavy atom. The summed E-state index contributed by atoms with van der Waals surface area (Å²) in [5.74, 6) is -0.0346. The van der Waals surface area contributed by atoms with Crippen LogP contribution in [0, 0.1) is 5.82 Å². The van der Waals surface area contributed by atoms with Crippen molar-refractivity contribution in [3.05, 3.63) is 84.1 Å². The van der Waals surface area contributed by atoms with Gasteiger partial charge in [-0.1, -0.05) is 37.8 Å². The molecule has 4 aromatic rings. The van der Waals surface area contributed by atoms with E-state index in [1.54, 1.807) is 11.0 Å². The summed E-state index contributed by atoms with van der Waals surface area (Å²) in [6, 6.07) is 16.1. The molecular formula is C34H39FN4O3. The Morgan fingerprint density at radius 3 is 2.40 bits per heavy atom. The summed E-state index contributed by atoms with van der Waals surface area (Å²) in [5.41, 5.74) is 1.53. The van der Waals surface area contributed by atoms with Gasteiger partial charge in [0.25, 0.3) is 5.91 Å². The van der Waals surface area contributed by atoms with Crippen LogP contribution in [0.1, 0.15) is 75.3 Å². The van der Waals surface area contributed by atoms with Crippen molar-refractivity contribution >= 4 is 22.7 Å². The summed E-state index contributed by atoms with van der Waals surface area (Å²) in [7, 11) is 0. The van der Waals surface area contributed by atoms with Crippen LogP contribution in [0.2, 0.25) is 0 Å². The highest BCUT2D eigenvalue weighted by Gasteiger charge is 2.49. The lowest BCUT2D eigenvalue weighted by Gasteiger charge is -2.45. The molecule has 1 atom stereocenters. The minimum absolute atomic E-state index is 0.0503. The van der Waals surface area contributed by atoms with Crippen molar-refractivity contribution in [1.82, 2.24) is 19.4 Å². The molecule has 220 valence electrons. The van der Waals surface area contributed by atoms with E-state index in [2.05, 4.69) is 5.32 Å². The second-order valence-corrected chi connectivity index (χ2v) is 12.2. The Morgan fingerprint density at radius 2 is 1.74 bits per heavy atom. The predicted octanol–water partition coefficient (Wildman–Crippen LogP) is 6.61. The van der Waals surface area contributed by atoms with Crippen molar-refractivity contribution in [2.24, 2.45) is 0 Å². The van der Waals surface area contributed by atoms with E-state index in [1.807, 2.05) is 78.7 Å². The smallest absolute Gasteiger partial charge is 0.273 e. The van der Waals surface area contributed by atoms with E-state index in [9.17, 15) is 14.0 Å². The van der Waals surface area contributed by atoms with Gasteiger partial charge < -0.3 is 24.1 Å². The van der Waals surface area contributed by atoms with Gasteiger partial charge in [-0.2, -0.15) is 0 Å². The molecule has 1 fully saturated rings. The number of rotatable bonds is 7. The Labute approximate surface area is 246 Å². The standard InChI is InChI=1S/C34H39FN4O3/c1-23(2)42-27-15-12-24(13-16-27)21-39-32(40)31-30(37-18-8-9-19-37)28-20-25(35)14-17-29(28)38(31)22-34(39,3)33(41)36-26-10-6-4-5-7-11-26/h8-9,12-20,23,26H,4-7,10-11,21-22H2,1-3H3,(H,36,41)/t34-/m0/s1. The van der Waals surface area contributed by atoms with Crippen LogP contribution in [0.4, 0.5) is 4.39 Å². The monoisotopic (exact) mass is 570 g/mol. The number of carbonyl (C=O) groups excluding carboxylic acids is 2. The van der Waals surface area contributed by atoms with Gasteiger partial charge >= 0.3 is 0 Å². The van der Waals surface area contributed by atoms with E-state index in [4.69, 9.17) is 4.74 Å². The van der Waals surface area contributed by atoms with E-state index in [0.29, 0.717) is 16.8 Å². The topological polar surface area (TPSA) is 68.5 Å². The van der Waals surface area contributed by atoms with E-state index in [-0.39, 0.29) is 42.9 Å². The largest absolute Gasteiger partial charge is 0.491 e. The molecule has 2 aromatic heterocycles. The van der Waals surface area contributed by atoms with Crippen LogP contribution in [-0.4, -0.2) is 43.5 Å². The quantitative estimate of drug-likeness (QED) is 0.254. The van der Waals surface area contributed by atoms with E-state index >= 15 is 0 Å². The first-order chi connectivity index (χ1) is 20.2. The molecular weight excluding hydrogens is 531 g/mol. The molecule has 0 radical (unpaired) electrons. The number of hydrogen-bond donors (Lipinski definition) is 1. The maximum Gasteiger partial charge on any atom is 0.273 e. The molecule has 0 bridgehead atoms. The third-order valence-corrected chi connectivity index (χ3v) is 8.69. The number of aromatic nitrogens is 2. The lowest BCUT2D eigenvalue weighted by molar-refractivity contribution is -0.134. The molecule has 0 saturated heterocycles. The minimum atomic E-state index is -1.17. The van der Waals surface area contributed by atoms with Gasteiger partial charge in [0.15, 0.2) is 0 Å². The zero-order chi connectivity index (χ0) is 29.4. The normalized spacial score (nSPS) is 19.6. The Kier molecular flexibility index (Phi) is 7.56. The van der Waals surface area contributed by atoms with Crippen molar-refractivity contribution in [3.63, 3.8) is 0 Å². The van der Waals surface area contributed by atoms with Gasteiger partial charge in [-0.3, -0.25) is 9.59 Å². The number of amides is 2. The molecule has 42 heavy (non-hydrogen) atoms. The summed E-state index contributed by atoms with van der Waals surface area (Å²) >= 11 is 0. The fourth-order valence-corrected chi connectivity index (χ4v) is 6.51. The number of nitrogens with zero attached hydrogens (tertiary/aromatic N) is 3. The number of carbonyl (C=O) groups is 2. The highest BCUT2D eigenvalue weighted by Crippen LogP contribution is 2.39. The van der Waals surface area contributed by atoms with Gasteiger partial charge in [0, 0.05) is 30.4 Å². The van der Waals surface area contributed by atoms with Crippen LogP contribution in [0.3, 0.4) is 0 Å². The molecule has 3 heterocycles. The first-order valence-corrected chi connectivity index (χ1v) is 15.1. The van der Waals surface area contributed by atoms with Crippen molar-refractivity contribution in [1.29, 1.82) is 0 Å². The maximum absolute atomic E-state index is 14.7. The maximum atomic E-state index is 14.7. The Bertz CT molecular complexity index is 1580. The van der Waals surface area contributed by atoms with E-state index in [1.165, 1.54) is 25.0 Å². The van der Waals surface area contributed by atoms with Gasteiger partial charge in [0.1, 0.15) is 22.8 Å². The third kappa shape index (κ3) is 5.19. The zero-order valence-electron chi connectivity index (χ0n) is 24.6. The van der Waals surface area contributed by atoms with Crippen LogP contribution >= 0.6 is 0 Å². The highest BCUT2D eigenvalue weighted by molar-refractivity contribution is 6.09. The van der Waals surface area contributed by atoms with Crippen LogP contribution < -0.4 is 10.1 Å². The van der Waals surface area contributed by atoms with Gasteiger partial charge in [0.05, 0.1) is 23.9 Å². The number of ether oxygens (including phenoxy) is 1. The second kappa shape index (κ2) is 11.3. The lowest BCUT2D eigenvalue weighted by atomic mass is 9.92. The first kappa shape index (κ1) is 28.1. The number of halogens is 1. The fraction of sp³-hybridized carbons (Fsp3) is 0.412. The number of nitrogens with one attached hydrogen (secondary N) is 1. The van der Waals surface area contributed by atoms with Gasteiger partial charge in [-0.05, 0) is 81.6 Å². The fourth-order valence-electron chi connectivity index (χ4n) is 6.51. The Hall–Kier alpha value is -4.07. The van der Waals surface area contributed by atoms with Crippen LogP contribution in [0.15, 0.2) is 67.0 Å². The van der Waals surface area contributed by atoms with Crippen LogP contribution in [-0.2, 0) is 17.9 Å². The van der Waals surface area contributed by atoms with E-state index < -0.39 is 5.54 Å². The number of hydrogen-bond acceptors (Lipinski definition) is 3. The third-order valence-electron chi connectivity index (χ3n) is 8.69. The molecule has 2 aromatic carbocycles. The SMILES string of the molecule is CC(C)Oc1ccc(CN2C(=O)c3c(-n4cccc4)c4cc(F)ccc4n3C[C@@]2(C)C(=O)NC2CCCCCC2)cc1. The summed E-state index contributed by atoms with van der Waals surface area (Å²) in [6.45, 7) is 6.32. The first-order valence-electron chi connectivity index (χ1n) is 15.1. The van der Waals surface area contributed by atoms with Crippen molar-refractivity contribution < 1.29 is 18.7 Å². The molecule has 0 spiro atoms. The molecule has 1 aliphatic heterocycles. The minimum Gasteiger partial charge on any atom is -0.491 e. The summed E-state index contributed by atoms with van der Waals surface area (Å²) in [6.07, 6.45) is 10.2. The van der Waals surface area contributed by atoms with Crippen LogP contribution in [0.5, 0.6) is 5.75 Å². The van der Waals surface area contributed by atoms with Crippen molar-refractivity contribution in [2.75, 3.05) is 0 Å². The molecule has 2 aliphatic rings. The van der Waals surface area contributed by atoms with E-state index in [0.717, 1.165) is 42.5 Å². The van der Waals surface area contributed by atoms with Gasteiger partial charge in [-0.15, -0.1) is 0 Å². The van der Waals surface area contributed by atoms with Crippen molar-refractivity contribution in [3.8, 4) is 11.4 Å². The van der Waals surface area contributed by atoms with Crippen LogP contribution in [0.25, 0.3) is 16.6 Å². The van der Waals surface area contributed by atoms with Gasteiger partial charge in [0.2, 0.25) is 5.91 Å². The predicted molar refractivity (Wildman–Crippen MR) is 161 cm³/mol. The molecule has 1 N–H and O–H groups in total. The van der Waals surface area contributed by atoms with Gasteiger partial charge in [-0.25, -0.2) is 4.39 Å².